The summed E-state index contributed by atoms with van der Waals surface area (Å²) in [6.07, 6.45) is 4.53. The third-order valence-electron chi connectivity index (χ3n) is 1.14. The number of carbonyl (C=O) groups is 2. The third kappa shape index (κ3) is 1.33. The van der Waals surface area contributed by atoms with E-state index in [1.807, 2.05) is 0 Å². The summed E-state index contributed by atoms with van der Waals surface area (Å²) in [7, 11) is 0. The molecule has 11 heavy (non-hydrogen) atoms. The van der Waals surface area contributed by atoms with Crippen LogP contribution in [0.2, 0.25) is 0 Å². The van der Waals surface area contributed by atoms with Crippen molar-refractivity contribution < 1.29 is 9.59 Å². The van der Waals surface area contributed by atoms with Crippen LogP contribution >= 0.6 is 0 Å². The Hall–Kier alpha value is -1.89. The lowest BCUT2D eigenvalue weighted by molar-refractivity contribution is -0.133. The Kier molecular flexibility index (Phi) is 1.83. The fourth-order valence-electron chi connectivity index (χ4n) is 0.667. The number of imide groups is 1. The van der Waals surface area contributed by atoms with Crippen LogP contribution in [0.1, 0.15) is 0 Å². The number of rotatable bonds is 1. The quantitative estimate of drug-likeness (QED) is 0.387. The summed E-state index contributed by atoms with van der Waals surface area (Å²) in [5.41, 5.74) is 0. The molecule has 0 aliphatic carbocycles. The van der Waals surface area contributed by atoms with Crippen LogP contribution in [0.3, 0.4) is 0 Å². The van der Waals surface area contributed by atoms with Crippen LogP contribution in [0.5, 0.6) is 0 Å². The number of allylic oxidation sites excluding steroid dienone is 1. The number of carbonyl (C=O) groups excluding carboxylic acids is 2. The van der Waals surface area contributed by atoms with E-state index in [4.69, 9.17) is 5.26 Å². The van der Waals surface area contributed by atoms with Gasteiger partial charge in [-0.2, -0.15) is 5.26 Å². The van der Waals surface area contributed by atoms with E-state index in [2.05, 4.69) is 0 Å². The van der Waals surface area contributed by atoms with Gasteiger partial charge in [-0.25, -0.2) is 4.90 Å². The van der Waals surface area contributed by atoms with Gasteiger partial charge < -0.3 is 0 Å². The molecule has 0 radical (unpaired) electrons. The Morgan fingerprint density at radius 1 is 1.36 bits per heavy atom. The molecule has 2 amide bonds. The molecule has 4 heteroatoms. The van der Waals surface area contributed by atoms with E-state index in [0.29, 0.717) is 0 Å². The highest BCUT2D eigenvalue weighted by molar-refractivity contribution is 6.13. The topological polar surface area (TPSA) is 61.2 Å². The Balaban J connectivity index is 2.76. The molecule has 54 valence electrons. The Morgan fingerprint density at radius 3 is 2.36 bits per heavy atom. The van der Waals surface area contributed by atoms with Crippen LogP contribution in [0.4, 0.5) is 0 Å². The summed E-state index contributed by atoms with van der Waals surface area (Å²) in [4.78, 5) is 22.4. The van der Waals surface area contributed by atoms with Crippen molar-refractivity contribution in [3.8, 4) is 6.07 Å². The molecule has 0 saturated heterocycles. The van der Waals surface area contributed by atoms with Crippen LogP contribution in [0.15, 0.2) is 24.4 Å². The van der Waals surface area contributed by atoms with Gasteiger partial charge in [-0.1, -0.05) is 0 Å². The van der Waals surface area contributed by atoms with Gasteiger partial charge in [-0.3, -0.25) is 9.59 Å². The Bertz CT molecular complexity index is 278. The van der Waals surface area contributed by atoms with Gasteiger partial charge in [0.1, 0.15) is 0 Å². The van der Waals surface area contributed by atoms with Crippen molar-refractivity contribution in [2.75, 3.05) is 0 Å². The smallest absolute Gasteiger partial charge is 0.257 e. The maximum atomic E-state index is 10.7. The molecule has 1 aliphatic rings. The average Bonchev–Trinajstić information content (AvgIpc) is 2.29. The summed E-state index contributed by atoms with van der Waals surface area (Å²) in [6.45, 7) is 0. The van der Waals surface area contributed by atoms with Gasteiger partial charge in [0.2, 0.25) is 0 Å². The van der Waals surface area contributed by atoms with Gasteiger partial charge >= 0.3 is 0 Å². The largest absolute Gasteiger partial charge is 0.269 e. The van der Waals surface area contributed by atoms with Gasteiger partial charge in [-0.15, -0.1) is 0 Å². The zero-order valence-electron chi connectivity index (χ0n) is 5.52. The van der Waals surface area contributed by atoms with E-state index in [1.165, 1.54) is 0 Å². The SMILES string of the molecule is N#CC=CN1C(=O)C=CC1=O. The summed E-state index contributed by atoms with van der Waals surface area (Å²) in [6, 6.07) is 1.68. The molecule has 4 nitrogen and oxygen atoms in total. The van der Waals surface area contributed by atoms with Gasteiger partial charge in [0.25, 0.3) is 11.8 Å². The van der Waals surface area contributed by atoms with Crippen LogP contribution in [-0.2, 0) is 9.59 Å². The average molecular weight is 148 g/mol. The molecule has 0 bridgehead atoms. The van der Waals surface area contributed by atoms with Gasteiger partial charge in [0.05, 0.1) is 6.07 Å². The van der Waals surface area contributed by atoms with Crippen molar-refractivity contribution in [1.82, 2.24) is 4.90 Å². The van der Waals surface area contributed by atoms with Gasteiger partial charge in [0.15, 0.2) is 0 Å². The van der Waals surface area contributed by atoms with E-state index in [0.717, 1.165) is 29.3 Å². The molecule has 0 unspecified atom stereocenters. The molecule has 0 atom stereocenters. The second kappa shape index (κ2) is 2.80. The molecular weight excluding hydrogens is 144 g/mol. The van der Waals surface area contributed by atoms with Crippen molar-refractivity contribution in [3.63, 3.8) is 0 Å². The summed E-state index contributed by atoms with van der Waals surface area (Å²) >= 11 is 0. The van der Waals surface area contributed by atoms with E-state index in [9.17, 15) is 9.59 Å². The number of nitrogens with zero attached hydrogens (tertiary/aromatic N) is 2. The van der Waals surface area contributed by atoms with Crippen LogP contribution in [0.25, 0.3) is 0 Å². The lowest BCUT2D eigenvalue weighted by Gasteiger charge is -2.04. The van der Waals surface area contributed by atoms with E-state index in [-0.39, 0.29) is 0 Å². The molecule has 1 rings (SSSR count). The summed E-state index contributed by atoms with van der Waals surface area (Å²) < 4.78 is 0. The van der Waals surface area contributed by atoms with Gasteiger partial charge in [0, 0.05) is 24.4 Å². The first kappa shape index (κ1) is 7.22. The van der Waals surface area contributed by atoms with Crippen molar-refractivity contribution in [1.29, 1.82) is 5.26 Å². The molecular formula is C7H4N2O2. The molecule has 0 aromatic rings. The van der Waals surface area contributed by atoms with Crippen LogP contribution in [0, 0.1) is 11.3 Å². The minimum absolute atomic E-state index is 0.415. The molecule has 1 heterocycles. The highest BCUT2D eigenvalue weighted by Gasteiger charge is 2.19. The lowest BCUT2D eigenvalue weighted by Crippen LogP contribution is -2.23. The van der Waals surface area contributed by atoms with Crippen molar-refractivity contribution >= 4 is 11.8 Å². The second-order valence-electron chi connectivity index (χ2n) is 1.82. The van der Waals surface area contributed by atoms with Gasteiger partial charge in [-0.05, 0) is 0 Å². The molecule has 0 N–H and O–H groups in total. The van der Waals surface area contributed by atoms with Crippen molar-refractivity contribution in [2.24, 2.45) is 0 Å². The number of hydrogen-bond donors (Lipinski definition) is 0. The minimum Gasteiger partial charge on any atom is -0.269 e. The maximum absolute atomic E-state index is 10.7. The highest BCUT2D eigenvalue weighted by atomic mass is 16.2. The first-order valence-electron chi connectivity index (χ1n) is 2.87. The highest BCUT2D eigenvalue weighted by Crippen LogP contribution is 2.02. The Labute approximate surface area is 63.0 Å². The molecule has 0 aromatic carbocycles. The molecule has 0 aromatic heterocycles. The fraction of sp³-hybridized carbons (Fsp3) is 0. The third-order valence-corrected chi connectivity index (χ3v) is 1.14. The monoisotopic (exact) mass is 148 g/mol. The summed E-state index contributed by atoms with van der Waals surface area (Å²) in [5, 5.41) is 8.09. The predicted molar refractivity (Wildman–Crippen MR) is 35.7 cm³/mol. The second-order valence-corrected chi connectivity index (χ2v) is 1.82. The number of amides is 2. The standard InChI is InChI=1S/C7H4N2O2/c8-4-1-5-9-6(10)2-3-7(9)11/h1-3,5H. The van der Waals surface area contributed by atoms with Crippen molar-refractivity contribution in [3.05, 3.63) is 24.4 Å². The van der Waals surface area contributed by atoms with E-state index in [1.54, 1.807) is 6.07 Å². The normalized spacial score (nSPS) is 16.5. The van der Waals surface area contributed by atoms with Crippen molar-refractivity contribution in [2.45, 2.75) is 0 Å². The predicted octanol–water partition coefficient (Wildman–Crippen LogP) is -0.0513. The first-order valence-corrected chi connectivity index (χ1v) is 2.87. The Morgan fingerprint density at radius 2 is 1.91 bits per heavy atom. The molecule has 0 fully saturated rings. The van der Waals surface area contributed by atoms with Crippen LogP contribution < -0.4 is 0 Å². The maximum Gasteiger partial charge on any atom is 0.257 e. The first-order chi connectivity index (χ1) is 5.25. The molecule has 0 saturated carbocycles. The zero-order chi connectivity index (χ0) is 8.27. The van der Waals surface area contributed by atoms with Crippen LogP contribution in [-0.4, -0.2) is 16.7 Å². The van der Waals surface area contributed by atoms with E-state index < -0.39 is 11.8 Å². The molecule has 1 aliphatic heterocycles. The number of nitriles is 1. The zero-order valence-corrected chi connectivity index (χ0v) is 5.52. The van der Waals surface area contributed by atoms with E-state index >= 15 is 0 Å². The fourth-order valence-corrected chi connectivity index (χ4v) is 0.667. The minimum atomic E-state index is -0.415. The molecule has 0 spiro atoms. The lowest BCUT2D eigenvalue weighted by atomic mass is 10.5. The summed E-state index contributed by atoms with van der Waals surface area (Å²) in [5.74, 6) is -0.831. The number of hydrogen-bond acceptors (Lipinski definition) is 3.